The lowest BCUT2D eigenvalue weighted by atomic mass is 10.1. The van der Waals surface area contributed by atoms with Gasteiger partial charge in [-0.3, -0.25) is 4.79 Å². The van der Waals surface area contributed by atoms with E-state index in [1.807, 2.05) is 36.5 Å². The Hall–Kier alpha value is -3.68. The molecule has 3 N–H and O–H groups in total. The van der Waals surface area contributed by atoms with Crippen LogP contribution in [-0.2, 0) is 11.3 Å². The third-order valence-corrected chi connectivity index (χ3v) is 4.72. The van der Waals surface area contributed by atoms with E-state index in [2.05, 4.69) is 21.0 Å². The molecule has 0 radical (unpaired) electrons. The van der Waals surface area contributed by atoms with Crippen LogP contribution in [0.2, 0.25) is 0 Å². The molecule has 4 rings (SSSR count). The van der Waals surface area contributed by atoms with Gasteiger partial charge in [0.25, 0.3) is 0 Å². The average molecular weight is 393 g/mol. The molecule has 1 aliphatic rings. The first kappa shape index (κ1) is 18.7. The van der Waals surface area contributed by atoms with Crippen molar-refractivity contribution in [1.82, 2.24) is 25.7 Å². The zero-order valence-corrected chi connectivity index (χ0v) is 15.6. The van der Waals surface area contributed by atoms with E-state index in [-0.39, 0.29) is 18.3 Å². The van der Waals surface area contributed by atoms with Gasteiger partial charge in [0, 0.05) is 30.4 Å². The van der Waals surface area contributed by atoms with E-state index >= 15 is 0 Å². The number of urea groups is 1. The molecule has 148 valence electrons. The van der Waals surface area contributed by atoms with E-state index in [1.54, 1.807) is 16.8 Å². The summed E-state index contributed by atoms with van der Waals surface area (Å²) in [5.41, 5.74) is 3.03. The molecule has 3 amide bonds. The minimum absolute atomic E-state index is 0.177. The molecular formula is C21H20FN5O2. The van der Waals surface area contributed by atoms with E-state index in [0.717, 1.165) is 16.8 Å². The second-order valence-electron chi connectivity index (χ2n) is 6.75. The lowest BCUT2D eigenvalue weighted by Gasteiger charge is -2.11. The first-order valence-electron chi connectivity index (χ1n) is 9.32. The fourth-order valence-corrected chi connectivity index (χ4v) is 3.22. The van der Waals surface area contributed by atoms with E-state index in [0.29, 0.717) is 18.7 Å². The molecule has 8 heteroatoms. The van der Waals surface area contributed by atoms with Gasteiger partial charge in [-0.15, -0.1) is 0 Å². The smallest absolute Gasteiger partial charge is 0.315 e. The number of halogens is 1. The van der Waals surface area contributed by atoms with Crippen molar-refractivity contribution in [2.24, 2.45) is 0 Å². The molecule has 29 heavy (non-hydrogen) atoms. The highest BCUT2D eigenvalue weighted by molar-refractivity contribution is 5.88. The summed E-state index contributed by atoms with van der Waals surface area (Å²) in [6.45, 7) is 0.766. The fourth-order valence-electron chi connectivity index (χ4n) is 3.22. The van der Waals surface area contributed by atoms with Gasteiger partial charge in [-0.1, -0.05) is 18.2 Å². The van der Waals surface area contributed by atoms with Crippen molar-refractivity contribution >= 4 is 11.9 Å². The molecular weight excluding hydrogens is 373 g/mol. The highest BCUT2D eigenvalue weighted by Gasteiger charge is 2.25. The summed E-state index contributed by atoms with van der Waals surface area (Å²) in [5.74, 6) is -0.505. The maximum Gasteiger partial charge on any atom is 0.315 e. The maximum atomic E-state index is 13.3. The average Bonchev–Trinajstić information content (AvgIpc) is 3.34. The van der Waals surface area contributed by atoms with Crippen molar-refractivity contribution in [3.8, 4) is 16.9 Å². The van der Waals surface area contributed by atoms with Crippen LogP contribution in [0.25, 0.3) is 16.9 Å². The van der Waals surface area contributed by atoms with Crippen molar-refractivity contribution in [3.05, 3.63) is 72.2 Å². The molecule has 1 fully saturated rings. The molecule has 0 bridgehead atoms. The lowest BCUT2D eigenvalue weighted by Crippen LogP contribution is -2.45. The van der Waals surface area contributed by atoms with E-state index in [1.165, 1.54) is 12.1 Å². The van der Waals surface area contributed by atoms with Gasteiger partial charge < -0.3 is 16.0 Å². The van der Waals surface area contributed by atoms with Crippen LogP contribution in [0.15, 0.2) is 60.8 Å². The van der Waals surface area contributed by atoms with Crippen LogP contribution in [-0.4, -0.2) is 34.3 Å². The normalized spacial score (nSPS) is 15.8. The van der Waals surface area contributed by atoms with E-state index < -0.39 is 12.1 Å². The first-order valence-corrected chi connectivity index (χ1v) is 9.32. The van der Waals surface area contributed by atoms with Crippen LogP contribution in [0.3, 0.4) is 0 Å². The Bertz CT molecular complexity index is 1020. The summed E-state index contributed by atoms with van der Waals surface area (Å²) in [7, 11) is 0. The maximum absolute atomic E-state index is 13.3. The molecule has 0 saturated carbocycles. The van der Waals surface area contributed by atoms with Crippen molar-refractivity contribution in [3.63, 3.8) is 0 Å². The number of carbonyl (C=O) groups excluding carboxylic acids is 2. The van der Waals surface area contributed by atoms with Gasteiger partial charge in [-0.05, 0) is 42.8 Å². The van der Waals surface area contributed by atoms with Crippen molar-refractivity contribution in [1.29, 1.82) is 0 Å². The van der Waals surface area contributed by atoms with Gasteiger partial charge in [-0.2, -0.15) is 5.10 Å². The molecule has 2 aromatic carbocycles. The lowest BCUT2D eigenvalue weighted by molar-refractivity contribution is -0.120. The monoisotopic (exact) mass is 393 g/mol. The number of benzene rings is 2. The van der Waals surface area contributed by atoms with Crippen LogP contribution in [0.1, 0.15) is 12.0 Å². The van der Waals surface area contributed by atoms with Crippen molar-refractivity contribution in [2.75, 3.05) is 6.54 Å². The Labute approximate surface area is 166 Å². The Balaban J connectivity index is 1.55. The Morgan fingerprint density at radius 2 is 1.93 bits per heavy atom. The van der Waals surface area contributed by atoms with Gasteiger partial charge in [0.1, 0.15) is 11.9 Å². The van der Waals surface area contributed by atoms with Crippen LogP contribution in [0.5, 0.6) is 0 Å². The third kappa shape index (κ3) is 4.26. The van der Waals surface area contributed by atoms with Gasteiger partial charge in [0.2, 0.25) is 5.91 Å². The number of nitrogens with one attached hydrogen (secondary N) is 3. The van der Waals surface area contributed by atoms with Gasteiger partial charge in [-0.25, -0.2) is 13.9 Å². The molecule has 7 nitrogen and oxygen atoms in total. The molecule has 1 unspecified atom stereocenters. The third-order valence-electron chi connectivity index (χ3n) is 4.72. The Morgan fingerprint density at radius 3 is 2.62 bits per heavy atom. The fraction of sp³-hybridized carbons (Fsp3) is 0.190. The number of rotatable bonds is 5. The molecule has 1 aliphatic heterocycles. The predicted molar refractivity (Wildman–Crippen MR) is 106 cm³/mol. The topological polar surface area (TPSA) is 88.1 Å². The number of nitrogens with zero attached hydrogens (tertiary/aromatic N) is 2. The number of hydrogen-bond acceptors (Lipinski definition) is 3. The van der Waals surface area contributed by atoms with Crippen molar-refractivity contribution in [2.45, 2.75) is 19.0 Å². The molecule has 3 aromatic rings. The zero-order valence-electron chi connectivity index (χ0n) is 15.6. The summed E-state index contributed by atoms with van der Waals surface area (Å²) < 4.78 is 15.0. The van der Waals surface area contributed by atoms with Gasteiger partial charge in [0.15, 0.2) is 0 Å². The summed E-state index contributed by atoms with van der Waals surface area (Å²) in [6.07, 6.45) is 2.40. The number of amides is 3. The van der Waals surface area contributed by atoms with Crippen LogP contribution >= 0.6 is 0 Å². The SMILES string of the molecule is O=C(NCc1cn(-c2ccccc2)nc1-c1ccc(F)cc1)NC1CCNC1=O. The first-order chi connectivity index (χ1) is 14.1. The summed E-state index contributed by atoms with van der Waals surface area (Å²) in [4.78, 5) is 23.8. The van der Waals surface area contributed by atoms with Crippen LogP contribution in [0, 0.1) is 5.82 Å². The predicted octanol–water partition coefficient (Wildman–Crippen LogP) is 2.37. The number of hydrogen-bond donors (Lipinski definition) is 3. The van der Waals surface area contributed by atoms with Crippen molar-refractivity contribution < 1.29 is 14.0 Å². The molecule has 0 aliphatic carbocycles. The Kier molecular flexibility index (Phi) is 5.24. The minimum Gasteiger partial charge on any atom is -0.354 e. The number of aromatic nitrogens is 2. The Morgan fingerprint density at radius 1 is 1.17 bits per heavy atom. The van der Waals surface area contributed by atoms with E-state index in [9.17, 15) is 14.0 Å². The highest BCUT2D eigenvalue weighted by atomic mass is 19.1. The minimum atomic E-state index is -0.515. The largest absolute Gasteiger partial charge is 0.354 e. The molecule has 1 aromatic heterocycles. The quantitative estimate of drug-likeness (QED) is 0.622. The molecule has 1 saturated heterocycles. The van der Waals surface area contributed by atoms with Crippen LogP contribution < -0.4 is 16.0 Å². The number of para-hydroxylation sites is 1. The standard InChI is InChI=1S/C21H20FN5O2/c22-16-8-6-14(7-9-16)19-15(13-27(26-19)17-4-2-1-3-5-17)12-24-21(29)25-18-10-11-23-20(18)28/h1-9,13,18H,10-12H2,(H,23,28)(H2,24,25,29). The van der Waals surface area contributed by atoms with Gasteiger partial charge >= 0.3 is 6.03 Å². The highest BCUT2D eigenvalue weighted by Crippen LogP contribution is 2.24. The van der Waals surface area contributed by atoms with E-state index in [4.69, 9.17) is 0 Å². The second kappa shape index (κ2) is 8.14. The zero-order chi connectivity index (χ0) is 20.2. The second-order valence-corrected chi connectivity index (χ2v) is 6.75. The van der Waals surface area contributed by atoms with Gasteiger partial charge in [0.05, 0.1) is 11.4 Å². The summed E-state index contributed by atoms with van der Waals surface area (Å²) in [6, 6.07) is 14.7. The van der Waals surface area contributed by atoms with Crippen LogP contribution in [0.4, 0.5) is 9.18 Å². The number of carbonyl (C=O) groups is 2. The summed E-state index contributed by atoms with van der Waals surface area (Å²) in [5, 5.41) is 12.8. The molecule has 2 heterocycles. The summed E-state index contributed by atoms with van der Waals surface area (Å²) >= 11 is 0. The molecule has 1 atom stereocenters. The molecule has 0 spiro atoms.